The van der Waals surface area contributed by atoms with Crippen LogP contribution in [0.3, 0.4) is 0 Å². The summed E-state index contributed by atoms with van der Waals surface area (Å²) in [6.45, 7) is 6.32. The summed E-state index contributed by atoms with van der Waals surface area (Å²) in [5.74, 6) is 0. The summed E-state index contributed by atoms with van der Waals surface area (Å²) in [7, 11) is 0. The van der Waals surface area contributed by atoms with E-state index in [0.29, 0.717) is 13.2 Å². The molecule has 0 heterocycles. The van der Waals surface area contributed by atoms with Crippen molar-refractivity contribution in [3.8, 4) is 0 Å². The lowest BCUT2D eigenvalue weighted by molar-refractivity contribution is 0.106. The van der Waals surface area contributed by atoms with E-state index >= 15 is 0 Å². The predicted octanol–water partition coefficient (Wildman–Crippen LogP) is 2.05. The van der Waals surface area contributed by atoms with Crippen molar-refractivity contribution >= 4 is 17.7 Å². The SMILES string of the molecule is CCOC(=O)N(CC)C(C)Cl. The Morgan fingerprint density at radius 3 is 2.45 bits per heavy atom. The van der Waals surface area contributed by atoms with Crippen LogP contribution in [0.15, 0.2) is 0 Å². The van der Waals surface area contributed by atoms with Crippen molar-refractivity contribution in [2.24, 2.45) is 0 Å². The summed E-state index contributed by atoms with van der Waals surface area (Å²) in [6, 6.07) is 0. The fourth-order valence-electron chi connectivity index (χ4n) is 0.732. The Morgan fingerprint density at radius 2 is 2.18 bits per heavy atom. The number of hydrogen-bond acceptors (Lipinski definition) is 2. The third kappa shape index (κ3) is 3.46. The first-order chi connectivity index (χ1) is 5.13. The standard InChI is InChI=1S/C7H14ClNO2/c1-4-9(6(3)8)7(10)11-5-2/h6H,4-5H2,1-3H3. The second-order valence-electron chi connectivity index (χ2n) is 2.06. The van der Waals surface area contributed by atoms with Gasteiger partial charge in [0, 0.05) is 6.54 Å². The molecule has 0 N–H and O–H groups in total. The van der Waals surface area contributed by atoms with Gasteiger partial charge in [0.1, 0.15) is 5.50 Å². The maximum atomic E-state index is 11.0. The van der Waals surface area contributed by atoms with Crippen LogP contribution < -0.4 is 0 Å². The largest absolute Gasteiger partial charge is 0.450 e. The van der Waals surface area contributed by atoms with Gasteiger partial charge in [0.05, 0.1) is 6.61 Å². The third-order valence-corrected chi connectivity index (χ3v) is 1.51. The van der Waals surface area contributed by atoms with Gasteiger partial charge < -0.3 is 4.74 Å². The number of hydrogen-bond donors (Lipinski definition) is 0. The molecule has 0 aliphatic heterocycles. The average Bonchev–Trinajstić information content (AvgIpc) is 1.88. The molecule has 0 aliphatic carbocycles. The Kier molecular flexibility index (Phi) is 5.03. The zero-order chi connectivity index (χ0) is 8.85. The maximum absolute atomic E-state index is 11.0. The molecule has 0 fully saturated rings. The minimum Gasteiger partial charge on any atom is -0.450 e. The van der Waals surface area contributed by atoms with E-state index in [1.165, 1.54) is 4.90 Å². The van der Waals surface area contributed by atoms with Crippen molar-refractivity contribution in [1.82, 2.24) is 4.90 Å². The average molecular weight is 180 g/mol. The van der Waals surface area contributed by atoms with Crippen LogP contribution in [0.4, 0.5) is 4.79 Å². The molecule has 0 spiro atoms. The number of nitrogens with zero attached hydrogens (tertiary/aromatic N) is 1. The van der Waals surface area contributed by atoms with Crippen molar-refractivity contribution in [2.45, 2.75) is 26.3 Å². The Morgan fingerprint density at radius 1 is 1.64 bits per heavy atom. The molecule has 0 rings (SSSR count). The van der Waals surface area contributed by atoms with Gasteiger partial charge in [0.25, 0.3) is 0 Å². The van der Waals surface area contributed by atoms with E-state index in [1.54, 1.807) is 13.8 Å². The normalized spacial score (nSPS) is 12.4. The van der Waals surface area contributed by atoms with Gasteiger partial charge in [-0.05, 0) is 20.8 Å². The molecule has 66 valence electrons. The van der Waals surface area contributed by atoms with Crippen molar-refractivity contribution < 1.29 is 9.53 Å². The van der Waals surface area contributed by atoms with Gasteiger partial charge in [-0.25, -0.2) is 4.79 Å². The van der Waals surface area contributed by atoms with E-state index in [2.05, 4.69) is 0 Å². The summed E-state index contributed by atoms with van der Waals surface area (Å²) >= 11 is 5.70. The molecule has 3 nitrogen and oxygen atoms in total. The molecule has 1 unspecified atom stereocenters. The van der Waals surface area contributed by atoms with Crippen molar-refractivity contribution in [1.29, 1.82) is 0 Å². The minimum atomic E-state index is -0.350. The Hall–Kier alpha value is -0.440. The third-order valence-electron chi connectivity index (χ3n) is 1.27. The van der Waals surface area contributed by atoms with Crippen LogP contribution in [0.25, 0.3) is 0 Å². The predicted molar refractivity (Wildman–Crippen MR) is 44.7 cm³/mol. The summed E-state index contributed by atoms with van der Waals surface area (Å²) in [5, 5.41) is 0. The molecule has 1 amide bonds. The van der Waals surface area contributed by atoms with Crippen molar-refractivity contribution in [2.75, 3.05) is 13.2 Å². The highest BCUT2D eigenvalue weighted by molar-refractivity contribution is 6.20. The Bertz CT molecular complexity index is 128. The number of alkyl halides is 1. The first-order valence-corrected chi connectivity index (χ1v) is 4.14. The number of ether oxygens (including phenoxy) is 1. The van der Waals surface area contributed by atoms with Crippen LogP contribution in [0, 0.1) is 0 Å². The molecule has 0 saturated heterocycles. The number of carbonyl (C=O) groups is 1. The number of carbonyl (C=O) groups excluding carboxylic acids is 1. The highest BCUT2D eigenvalue weighted by atomic mass is 35.5. The van der Waals surface area contributed by atoms with Crippen LogP contribution in [0.1, 0.15) is 20.8 Å². The first kappa shape index (κ1) is 10.6. The van der Waals surface area contributed by atoms with Gasteiger partial charge in [0.2, 0.25) is 0 Å². The second kappa shape index (κ2) is 5.24. The van der Waals surface area contributed by atoms with Crippen LogP contribution in [0.2, 0.25) is 0 Å². The number of amides is 1. The summed E-state index contributed by atoms with van der Waals surface area (Å²) in [4.78, 5) is 12.5. The van der Waals surface area contributed by atoms with E-state index in [0.717, 1.165) is 0 Å². The van der Waals surface area contributed by atoms with Crippen molar-refractivity contribution in [3.63, 3.8) is 0 Å². The fraction of sp³-hybridized carbons (Fsp3) is 0.857. The lowest BCUT2D eigenvalue weighted by Crippen LogP contribution is -2.35. The molecule has 0 bridgehead atoms. The van der Waals surface area contributed by atoms with E-state index in [9.17, 15) is 4.79 Å². The maximum Gasteiger partial charge on any atom is 0.410 e. The van der Waals surface area contributed by atoms with Gasteiger partial charge >= 0.3 is 6.09 Å². The van der Waals surface area contributed by atoms with E-state index < -0.39 is 0 Å². The van der Waals surface area contributed by atoms with E-state index in [1.807, 2.05) is 6.92 Å². The molecule has 0 radical (unpaired) electrons. The Labute approximate surface area is 72.3 Å². The van der Waals surface area contributed by atoms with E-state index in [4.69, 9.17) is 16.3 Å². The zero-order valence-corrected chi connectivity index (χ0v) is 7.89. The highest BCUT2D eigenvalue weighted by Gasteiger charge is 2.16. The van der Waals surface area contributed by atoms with Crippen LogP contribution >= 0.6 is 11.6 Å². The molecule has 0 aromatic heterocycles. The molecular weight excluding hydrogens is 166 g/mol. The molecule has 0 aromatic carbocycles. The highest BCUT2D eigenvalue weighted by Crippen LogP contribution is 2.04. The topological polar surface area (TPSA) is 29.5 Å². The summed E-state index contributed by atoms with van der Waals surface area (Å²) in [6.07, 6.45) is -0.350. The van der Waals surface area contributed by atoms with Crippen LogP contribution in [0.5, 0.6) is 0 Å². The van der Waals surface area contributed by atoms with Gasteiger partial charge in [-0.3, -0.25) is 4.90 Å². The smallest absolute Gasteiger partial charge is 0.410 e. The molecule has 11 heavy (non-hydrogen) atoms. The van der Waals surface area contributed by atoms with Gasteiger partial charge in [-0.15, -0.1) is 0 Å². The van der Waals surface area contributed by atoms with Crippen LogP contribution in [-0.4, -0.2) is 29.6 Å². The lowest BCUT2D eigenvalue weighted by atomic mass is 10.5. The monoisotopic (exact) mass is 179 g/mol. The zero-order valence-electron chi connectivity index (χ0n) is 7.13. The second-order valence-corrected chi connectivity index (χ2v) is 2.69. The van der Waals surface area contributed by atoms with Gasteiger partial charge in [-0.1, -0.05) is 11.6 Å². The number of rotatable bonds is 3. The summed E-state index contributed by atoms with van der Waals surface area (Å²) in [5.41, 5.74) is -0.306. The number of halogens is 1. The minimum absolute atomic E-state index is 0.306. The first-order valence-electron chi connectivity index (χ1n) is 3.70. The lowest BCUT2D eigenvalue weighted by Gasteiger charge is -2.21. The summed E-state index contributed by atoms with van der Waals surface area (Å²) < 4.78 is 4.76. The fourth-order valence-corrected chi connectivity index (χ4v) is 0.950. The quantitative estimate of drug-likeness (QED) is 0.490. The van der Waals surface area contributed by atoms with Gasteiger partial charge in [0.15, 0.2) is 0 Å². The molecule has 4 heteroatoms. The molecule has 0 aromatic rings. The molecule has 0 saturated carbocycles. The van der Waals surface area contributed by atoms with Crippen molar-refractivity contribution in [3.05, 3.63) is 0 Å². The molecule has 0 aliphatic rings. The molecular formula is C7H14ClNO2. The molecule has 1 atom stereocenters. The Balaban J connectivity index is 3.92. The van der Waals surface area contributed by atoms with Gasteiger partial charge in [-0.2, -0.15) is 0 Å². The van der Waals surface area contributed by atoms with E-state index in [-0.39, 0.29) is 11.6 Å². The van der Waals surface area contributed by atoms with Crippen LogP contribution in [-0.2, 0) is 4.74 Å².